The van der Waals surface area contributed by atoms with Crippen molar-refractivity contribution in [2.75, 3.05) is 5.88 Å². The molecule has 2 aromatic carbocycles. The summed E-state index contributed by atoms with van der Waals surface area (Å²) in [5.41, 5.74) is 0.0529. The lowest BCUT2D eigenvalue weighted by molar-refractivity contribution is 0.0904. The van der Waals surface area contributed by atoms with Crippen LogP contribution in [0.3, 0.4) is 0 Å². The van der Waals surface area contributed by atoms with Gasteiger partial charge in [-0.15, -0.1) is 11.6 Å². The van der Waals surface area contributed by atoms with E-state index in [1.165, 1.54) is 12.1 Å². The van der Waals surface area contributed by atoms with E-state index in [9.17, 15) is 9.18 Å². The van der Waals surface area contributed by atoms with Gasteiger partial charge in [-0.3, -0.25) is 4.79 Å². The number of benzene rings is 2. The Bertz CT molecular complexity index is 644. The molecule has 0 radical (unpaired) electrons. The molecule has 21 heavy (non-hydrogen) atoms. The molecule has 0 unspecified atom stereocenters. The number of rotatable bonds is 5. The zero-order chi connectivity index (χ0) is 15.5. The highest BCUT2D eigenvalue weighted by Gasteiger charge is 2.28. The normalized spacial score (nSPS) is 11.6. The fourth-order valence-corrected chi connectivity index (χ4v) is 2.86. The lowest BCUT2D eigenvalue weighted by Crippen LogP contribution is -2.49. The van der Waals surface area contributed by atoms with Crippen LogP contribution in [0.1, 0.15) is 37.0 Å². The van der Waals surface area contributed by atoms with Crippen LogP contribution in [0.4, 0.5) is 4.39 Å². The fraction of sp³-hybridized carbons (Fsp3) is 0.353. The molecule has 2 nitrogen and oxygen atoms in total. The first kappa shape index (κ1) is 15.8. The second kappa shape index (κ2) is 6.44. The van der Waals surface area contributed by atoms with Crippen molar-refractivity contribution < 1.29 is 9.18 Å². The molecule has 4 heteroatoms. The third-order valence-corrected chi connectivity index (χ3v) is 4.62. The Hall–Kier alpha value is -1.61. The topological polar surface area (TPSA) is 29.1 Å². The highest BCUT2D eigenvalue weighted by Crippen LogP contribution is 2.24. The standard InChI is InChI=1S/C17H19ClFNO/c1-3-17(4-2,11-18)20-16(21)14-9-10-15(19)13-8-6-5-7-12(13)14/h5-10H,3-4,11H2,1-2H3,(H,20,21). The average Bonchev–Trinajstić information content (AvgIpc) is 2.53. The zero-order valence-corrected chi connectivity index (χ0v) is 13.0. The molecule has 0 aromatic heterocycles. The third kappa shape index (κ3) is 3.03. The second-order valence-corrected chi connectivity index (χ2v) is 5.48. The lowest BCUT2D eigenvalue weighted by Gasteiger charge is -2.30. The van der Waals surface area contributed by atoms with Crippen molar-refractivity contribution in [2.45, 2.75) is 32.2 Å². The molecule has 0 saturated carbocycles. The summed E-state index contributed by atoms with van der Waals surface area (Å²) >= 11 is 6.02. The molecule has 0 aliphatic carbocycles. The second-order valence-electron chi connectivity index (χ2n) is 5.22. The molecule has 0 aliphatic heterocycles. The van der Waals surface area contributed by atoms with E-state index in [1.54, 1.807) is 24.3 Å². The number of hydrogen-bond acceptors (Lipinski definition) is 1. The first-order chi connectivity index (χ1) is 10.1. The Balaban J connectivity index is 2.43. The van der Waals surface area contributed by atoms with Crippen LogP contribution in [-0.4, -0.2) is 17.3 Å². The van der Waals surface area contributed by atoms with Gasteiger partial charge in [-0.25, -0.2) is 4.39 Å². The van der Waals surface area contributed by atoms with E-state index in [2.05, 4.69) is 5.32 Å². The molecule has 0 spiro atoms. The maximum atomic E-state index is 13.8. The summed E-state index contributed by atoms with van der Waals surface area (Å²) in [4.78, 5) is 12.6. The quantitative estimate of drug-likeness (QED) is 0.809. The van der Waals surface area contributed by atoms with Crippen molar-refractivity contribution in [3.8, 4) is 0 Å². The van der Waals surface area contributed by atoms with Gasteiger partial charge in [-0.05, 0) is 30.4 Å². The Kier molecular flexibility index (Phi) is 4.84. The first-order valence-electron chi connectivity index (χ1n) is 7.12. The minimum absolute atomic E-state index is 0.212. The third-order valence-electron chi connectivity index (χ3n) is 4.10. The molecule has 0 heterocycles. The highest BCUT2D eigenvalue weighted by atomic mass is 35.5. The van der Waals surface area contributed by atoms with Crippen molar-refractivity contribution in [1.29, 1.82) is 0 Å². The largest absolute Gasteiger partial charge is 0.345 e. The minimum atomic E-state index is -0.422. The Morgan fingerprint density at radius 2 is 1.76 bits per heavy atom. The summed E-state index contributed by atoms with van der Waals surface area (Å²) in [5, 5.41) is 4.08. The van der Waals surface area contributed by atoms with Crippen LogP contribution in [0.2, 0.25) is 0 Å². The summed E-state index contributed by atoms with van der Waals surface area (Å²) in [6.45, 7) is 3.99. The summed E-state index contributed by atoms with van der Waals surface area (Å²) in [5.74, 6) is -0.183. The Labute approximate surface area is 129 Å². The maximum Gasteiger partial charge on any atom is 0.252 e. The molecule has 0 fully saturated rings. The molecule has 1 N–H and O–H groups in total. The molecular formula is C17H19ClFNO. The van der Waals surface area contributed by atoms with Gasteiger partial charge in [0.15, 0.2) is 0 Å². The van der Waals surface area contributed by atoms with Crippen molar-refractivity contribution in [1.82, 2.24) is 5.32 Å². The number of hydrogen-bond donors (Lipinski definition) is 1. The van der Waals surface area contributed by atoms with Gasteiger partial charge in [0.05, 0.1) is 5.54 Å². The van der Waals surface area contributed by atoms with Crippen LogP contribution in [0.25, 0.3) is 10.8 Å². The van der Waals surface area contributed by atoms with E-state index in [0.717, 1.165) is 12.8 Å². The predicted octanol–water partition coefficient (Wildman–Crippen LogP) is 4.51. The van der Waals surface area contributed by atoms with Crippen LogP contribution < -0.4 is 5.32 Å². The van der Waals surface area contributed by atoms with Crippen LogP contribution in [0.5, 0.6) is 0 Å². The molecule has 2 aromatic rings. The molecule has 0 saturated heterocycles. The average molecular weight is 308 g/mol. The van der Waals surface area contributed by atoms with Gasteiger partial charge >= 0.3 is 0 Å². The van der Waals surface area contributed by atoms with E-state index in [1.807, 2.05) is 13.8 Å². The van der Waals surface area contributed by atoms with Gasteiger partial charge in [0.2, 0.25) is 0 Å². The lowest BCUT2D eigenvalue weighted by atomic mass is 9.94. The van der Waals surface area contributed by atoms with Gasteiger partial charge in [-0.1, -0.05) is 38.1 Å². The number of carbonyl (C=O) groups is 1. The zero-order valence-electron chi connectivity index (χ0n) is 12.2. The van der Waals surface area contributed by atoms with E-state index in [-0.39, 0.29) is 11.7 Å². The van der Waals surface area contributed by atoms with Crippen molar-refractivity contribution in [3.05, 3.63) is 47.8 Å². The van der Waals surface area contributed by atoms with E-state index in [0.29, 0.717) is 22.2 Å². The number of fused-ring (bicyclic) bond motifs is 1. The predicted molar refractivity (Wildman–Crippen MR) is 85.4 cm³/mol. The summed E-state index contributed by atoms with van der Waals surface area (Å²) in [7, 11) is 0. The van der Waals surface area contributed by atoms with Crippen LogP contribution in [0, 0.1) is 5.82 Å². The van der Waals surface area contributed by atoms with Gasteiger partial charge < -0.3 is 5.32 Å². The first-order valence-corrected chi connectivity index (χ1v) is 7.66. The molecule has 0 aliphatic rings. The van der Waals surface area contributed by atoms with Crippen molar-refractivity contribution >= 4 is 28.3 Å². The summed E-state index contributed by atoms with van der Waals surface area (Å²) in [6.07, 6.45) is 1.50. The van der Waals surface area contributed by atoms with Crippen LogP contribution in [0.15, 0.2) is 36.4 Å². The number of nitrogens with one attached hydrogen (secondary N) is 1. The number of halogens is 2. The maximum absolute atomic E-state index is 13.8. The molecule has 2 rings (SSSR count). The summed E-state index contributed by atoms with van der Waals surface area (Å²) in [6, 6.07) is 9.85. The van der Waals surface area contributed by atoms with Crippen molar-refractivity contribution in [3.63, 3.8) is 0 Å². The molecule has 0 atom stereocenters. The fourth-order valence-electron chi connectivity index (χ4n) is 2.42. The van der Waals surface area contributed by atoms with Crippen LogP contribution >= 0.6 is 11.6 Å². The van der Waals surface area contributed by atoms with Crippen molar-refractivity contribution in [2.24, 2.45) is 0 Å². The van der Waals surface area contributed by atoms with Gasteiger partial charge in [0.25, 0.3) is 5.91 Å². The van der Waals surface area contributed by atoms with Gasteiger partial charge in [0, 0.05) is 16.8 Å². The highest BCUT2D eigenvalue weighted by molar-refractivity contribution is 6.19. The summed E-state index contributed by atoms with van der Waals surface area (Å²) < 4.78 is 13.8. The van der Waals surface area contributed by atoms with E-state index in [4.69, 9.17) is 11.6 Å². The SMILES string of the molecule is CCC(CC)(CCl)NC(=O)c1ccc(F)c2ccccc12. The Morgan fingerprint density at radius 3 is 2.33 bits per heavy atom. The number of amides is 1. The van der Waals surface area contributed by atoms with Crippen LogP contribution in [-0.2, 0) is 0 Å². The molecular weight excluding hydrogens is 289 g/mol. The monoisotopic (exact) mass is 307 g/mol. The minimum Gasteiger partial charge on any atom is -0.345 e. The number of alkyl halides is 1. The molecule has 1 amide bonds. The molecule has 0 bridgehead atoms. The van der Waals surface area contributed by atoms with E-state index < -0.39 is 5.54 Å². The smallest absolute Gasteiger partial charge is 0.252 e. The van der Waals surface area contributed by atoms with Gasteiger partial charge in [-0.2, -0.15) is 0 Å². The Morgan fingerprint density at radius 1 is 1.14 bits per heavy atom. The molecule has 112 valence electrons. The number of carbonyl (C=O) groups excluding carboxylic acids is 1. The van der Waals surface area contributed by atoms with Gasteiger partial charge in [0.1, 0.15) is 5.82 Å². The van der Waals surface area contributed by atoms with E-state index >= 15 is 0 Å².